The minimum absolute atomic E-state index is 0.261. The van der Waals surface area contributed by atoms with Gasteiger partial charge >= 0.3 is 0 Å². The van der Waals surface area contributed by atoms with E-state index in [1.54, 1.807) is 6.07 Å². The van der Waals surface area contributed by atoms with Gasteiger partial charge in [-0.3, -0.25) is 4.90 Å². The van der Waals surface area contributed by atoms with Crippen molar-refractivity contribution in [1.82, 2.24) is 10.1 Å². The van der Waals surface area contributed by atoms with Crippen molar-refractivity contribution >= 4 is 11.0 Å². The van der Waals surface area contributed by atoms with Gasteiger partial charge in [0.2, 0.25) is 0 Å². The van der Waals surface area contributed by atoms with E-state index in [0.717, 1.165) is 49.4 Å². The summed E-state index contributed by atoms with van der Waals surface area (Å²) in [6.45, 7) is 3.83. The van der Waals surface area contributed by atoms with Gasteiger partial charge in [-0.05, 0) is 17.7 Å². The van der Waals surface area contributed by atoms with Crippen molar-refractivity contribution in [3.8, 4) is 5.75 Å². The highest BCUT2D eigenvalue weighted by Gasteiger charge is 2.19. The van der Waals surface area contributed by atoms with E-state index in [0.29, 0.717) is 12.1 Å². The average Bonchev–Trinajstić information content (AvgIpc) is 3.02. The summed E-state index contributed by atoms with van der Waals surface area (Å²) >= 11 is 0. The molecule has 5 heteroatoms. The second-order valence-electron chi connectivity index (χ2n) is 6.12. The molecule has 0 bridgehead atoms. The van der Waals surface area contributed by atoms with Crippen LogP contribution in [-0.2, 0) is 17.7 Å². The molecule has 1 saturated heterocycles. The van der Waals surface area contributed by atoms with Crippen LogP contribution < -0.4 is 0 Å². The lowest BCUT2D eigenvalue weighted by molar-refractivity contribution is 0.0339. The van der Waals surface area contributed by atoms with Crippen LogP contribution in [0.1, 0.15) is 16.8 Å². The third-order valence-corrected chi connectivity index (χ3v) is 4.49. The Hall–Kier alpha value is -2.37. The number of benzene rings is 2. The van der Waals surface area contributed by atoms with E-state index in [1.165, 1.54) is 5.56 Å². The van der Waals surface area contributed by atoms with Gasteiger partial charge < -0.3 is 14.4 Å². The molecule has 0 aliphatic carbocycles. The molecule has 3 aromatic rings. The summed E-state index contributed by atoms with van der Waals surface area (Å²) in [6.07, 6.45) is 0.718. The largest absolute Gasteiger partial charge is 0.507 e. The molecule has 24 heavy (non-hydrogen) atoms. The van der Waals surface area contributed by atoms with Crippen molar-refractivity contribution in [3.63, 3.8) is 0 Å². The molecule has 1 N–H and O–H groups in total. The molecule has 1 fully saturated rings. The molecule has 0 atom stereocenters. The summed E-state index contributed by atoms with van der Waals surface area (Å²) in [4.78, 5) is 2.26. The summed E-state index contributed by atoms with van der Waals surface area (Å²) in [5.41, 5.74) is 3.59. The van der Waals surface area contributed by atoms with Crippen LogP contribution in [0, 0.1) is 0 Å². The molecule has 5 nitrogen and oxygen atoms in total. The molecule has 124 valence electrons. The lowest BCUT2D eigenvalue weighted by Gasteiger charge is -2.26. The fraction of sp³-hybridized carbons (Fsp3) is 0.316. The number of aromatic nitrogens is 1. The first-order valence-corrected chi connectivity index (χ1v) is 8.24. The van der Waals surface area contributed by atoms with E-state index in [4.69, 9.17) is 9.26 Å². The van der Waals surface area contributed by atoms with E-state index in [1.807, 2.05) is 24.3 Å². The number of nitrogens with zero attached hydrogens (tertiary/aromatic N) is 2. The topological polar surface area (TPSA) is 58.7 Å². The van der Waals surface area contributed by atoms with Gasteiger partial charge in [-0.15, -0.1) is 0 Å². The lowest BCUT2D eigenvalue weighted by atomic mass is 10.0. The Balaban J connectivity index is 1.66. The van der Waals surface area contributed by atoms with Crippen LogP contribution in [0.4, 0.5) is 0 Å². The van der Waals surface area contributed by atoms with Crippen molar-refractivity contribution in [3.05, 3.63) is 59.3 Å². The van der Waals surface area contributed by atoms with Gasteiger partial charge in [-0.1, -0.05) is 35.5 Å². The van der Waals surface area contributed by atoms with E-state index >= 15 is 0 Å². The summed E-state index contributed by atoms with van der Waals surface area (Å²) in [6, 6.07) is 13.8. The van der Waals surface area contributed by atoms with Crippen LogP contribution in [0.25, 0.3) is 11.0 Å². The van der Waals surface area contributed by atoms with Crippen molar-refractivity contribution in [2.45, 2.75) is 13.0 Å². The number of phenols is 1. The Morgan fingerprint density at radius 1 is 1.04 bits per heavy atom. The zero-order valence-electron chi connectivity index (χ0n) is 13.4. The van der Waals surface area contributed by atoms with E-state index < -0.39 is 0 Å². The predicted molar refractivity (Wildman–Crippen MR) is 91.0 cm³/mol. The maximum atomic E-state index is 10.3. The van der Waals surface area contributed by atoms with E-state index in [-0.39, 0.29) is 5.75 Å². The summed E-state index contributed by atoms with van der Waals surface area (Å²) in [5, 5.41) is 15.5. The van der Waals surface area contributed by atoms with Crippen LogP contribution in [0.5, 0.6) is 5.75 Å². The SMILES string of the molecule is Oc1ccc2c(Cc3ccccc3)noc2c1CN1CCOCC1. The van der Waals surface area contributed by atoms with Gasteiger partial charge in [-0.25, -0.2) is 0 Å². The van der Waals surface area contributed by atoms with Crippen LogP contribution in [0.15, 0.2) is 47.0 Å². The third-order valence-electron chi connectivity index (χ3n) is 4.49. The summed E-state index contributed by atoms with van der Waals surface area (Å²) in [7, 11) is 0. The van der Waals surface area contributed by atoms with E-state index in [2.05, 4.69) is 22.2 Å². The number of ether oxygens (including phenoxy) is 1. The third kappa shape index (κ3) is 3.00. The summed E-state index contributed by atoms with van der Waals surface area (Å²) < 4.78 is 11.0. The van der Waals surface area contributed by atoms with E-state index in [9.17, 15) is 5.11 Å². The normalized spacial score (nSPS) is 15.8. The smallest absolute Gasteiger partial charge is 0.175 e. The highest BCUT2D eigenvalue weighted by atomic mass is 16.5. The van der Waals surface area contributed by atoms with Crippen molar-refractivity contribution in [1.29, 1.82) is 0 Å². The molecular weight excluding hydrogens is 304 g/mol. The first-order chi connectivity index (χ1) is 11.8. The molecule has 1 aliphatic rings. The Morgan fingerprint density at radius 3 is 2.62 bits per heavy atom. The number of hydrogen-bond acceptors (Lipinski definition) is 5. The number of fused-ring (bicyclic) bond motifs is 1. The zero-order chi connectivity index (χ0) is 16.4. The molecule has 0 saturated carbocycles. The highest BCUT2D eigenvalue weighted by Crippen LogP contribution is 2.31. The number of rotatable bonds is 4. The van der Waals surface area contributed by atoms with Crippen molar-refractivity contribution < 1.29 is 14.4 Å². The zero-order valence-corrected chi connectivity index (χ0v) is 13.4. The van der Waals surface area contributed by atoms with Crippen LogP contribution in [0.2, 0.25) is 0 Å². The maximum Gasteiger partial charge on any atom is 0.175 e. The highest BCUT2D eigenvalue weighted by molar-refractivity contribution is 5.84. The lowest BCUT2D eigenvalue weighted by Crippen LogP contribution is -2.35. The molecule has 2 aromatic carbocycles. The molecule has 1 aromatic heterocycles. The van der Waals surface area contributed by atoms with Gasteiger partial charge in [0.15, 0.2) is 5.58 Å². The summed E-state index contributed by atoms with van der Waals surface area (Å²) in [5.74, 6) is 0.261. The second-order valence-corrected chi connectivity index (χ2v) is 6.12. The fourth-order valence-corrected chi connectivity index (χ4v) is 3.15. The average molecular weight is 324 g/mol. The Bertz CT molecular complexity index is 823. The first-order valence-electron chi connectivity index (χ1n) is 8.24. The minimum atomic E-state index is 0.261. The van der Waals surface area contributed by atoms with Gasteiger partial charge in [0, 0.05) is 31.4 Å². The van der Waals surface area contributed by atoms with Gasteiger partial charge in [0.1, 0.15) is 5.75 Å². The standard InChI is InChI=1S/C19H20N2O3/c22-18-7-6-15-17(12-14-4-2-1-3-5-14)20-24-19(15)16(18)13-21-8-10-23-11-9-21/h1-7,22H,8-13H2. The number of aromatic hydroxyl groups is 1. The number of phenolic OH excluding ortho intramolecular Hbond substituents is 1. The molecule has 0 radical (unpaired) electrons. The molecule has 0 amide bonds. The van der Waals surface area contributed by atoms with Crippen LogP contribution in [0.3, 0.4) is 0 Å². The molecule has 0 spiro atoms. The Labute approximate surface area is 140 Å². The molecular formula is C19H20N2O3. The fourth-order valence-electron chi connectivity index (χ4n) is 3.15. The minimum Gasteiger partial charge on any atom is -0.507 e. The predicted octanol–water partition coefficient (Wildman–Crippen LogP) is 2.96. The van der Waals surface area contributed by atoms with Crippen molar-refractivity contribution in [2.24, 2.45) is 0 Å². The molecule has 0 unspecified atom stereocenters. The second kappa shape index (κ2) is 6.63. The van der Waals surface area contributed by atoms with Crippen molar-refractivity contribution in [2.75, 3.05) is 26.3 Å². The molecule has 4 rings (SSSR count). The quantitative estimate of drug-likeness (QED) is 0.799. The Kier molecular flexibility index (Phi) is 4.19. The number of morpholine rings is 1. The first kappa shape index (κ1) is 15.2. The number of hydrogen-bond donors (Lipinski definition) is 1. The Morgan fingerprint density at radius 2 is 1.83 bits per heavy atom. The van der Waals surface area contributed by atoms with Gasteiger partial charge in [0.05, 0.1) is 24.5 Å². The maximum absolute atomic E-state index is 10.3. The molecule has 2 heterocycles. The molecule has 1 aliphatic heterocycles. The monoisotopic (exact) mass is 324 g/mol. The van der Waals surface area contributed by atoms with Gasteiger partial charge in [0.25, 0.3) is 0 Å². The van der Waals surface area contributed by atoms with Crippen LogP contribution in [-0.4, -0.2) is 41.5 Å². The van der Waals surface area contributed by atoms with Gasteiger partial charge in [-0.2, -0.15) is 0 Å². The van der Waals surface area contributed by atoms with Crippen LogP contribution >= 0.6 is 0 Å².